The molecule has 0 aliphatic carbocycles. The number of carbonyl (C=O) groups excluding carboxylic acids is 3. The second-order valence-electron chi connectivity index (χ2n) is 9.13. The van der Waals surface area contributed by atoms with Crippen LogP contribution in [-0.4, -0.2) is 78.4 Å². The molecular weight excluding hydrogens is 444 g/mol. The molecule has 1 unspecified atom stereocenters. The van der Waals surface area contributed by atoms with Crippen molar-refractivity contribution in [2.24, 2.45) is 5.92 Å². The summed E-state index contributed by atoms with van der Waals surface area (Å²) in [4.78, 5) is 48.5. The van der Waals surface area contributed by atoms with Gasteiger partial charge in [0.25, 0.3) is 0 Å². The minimum Gasteiger partial charge on any atom is -0.462 e. The first kappa shape index (κ1) is 24.7. The first-order chi connectivity index (χ1) is 17.0. The van der Waals surface area contributed by atoms with E-state index in [-0.39, 0.29) is 23.7 Å². The Morgan fingerprint density at radius 1 is 0.943 bits per heavy atom. The van der Waals surface area contributed by atoms with E-state index in [1.807, 2.05) is 46.2 Å². The van der Waals surface area contributed by atoms with Gasteiger partial charge in [0.05, 0.1) is 24.5 Å². The van der Waals surface area contributed by atoms with Crippen molar-refractivity contribution in [3.05, 3.63) is 59.8 Å². The fourth-order valence-corrected chi connectivity index (χ4v) is 4.82. The van der Waals surface area contributed by atoms with E-state index in [1.54, 1.807) is 19.2 Å². The lowest BCUT2D eigenvalue weighted by atomic mass is 9.95. The highest BCUT2D eigenvalue weighted by Gasteiger charge is 2.32. The lowest BCUT2D eigenvalue weighted by Crippen LogP contribution is -2.47. The summed E-state index contributed by atoms with van der Waals surface area (Å²) in [6.45, 7) is 6.12. The topological polar surface area (TPSA) is 83.0 Å². The number of anilines is 1. The van der Waals surface area contributed by atoms with Gasteiger partial charge in [0.2, 0.25) is 11.8 Å². The normalized spacial score (nSPS) is 18.7. The van der Waals surface area contributed by atoms with Crippen LogP contribution in [0, 0.1) is 5.92 Å². The van der Waals surface area contributed by atoms with E-state index in [4.69, 9.17) is 4.74 Å². The van der Waals surface area contributed by atoms with Crippen LogP contribution < -0.4 is 4.90 Å². The predicted octanol–water partition coefficient (Wildman–Crippen LogP) is 2.78. The number of hydrogen-bond acceptors (Lipinski definition) is 6. The summed E-state index contributed by atoms with van der Waals surface area (Å²) in [5, 5.41) is 0. The number of rotatable bonds is 6. The highest BCUT2D eigenvalue weighted by molar-refractivity contribution is 5.89. The molecule has 1 aromatic heterocycles. The van der Waals surface area contributed by atoms with E-state index in [0.29, 0.717) is 44.8 Å². The number of aromatic nitrogens is 1. The summed E-state index contributed by atoms with van der Waals surface area (Å²) in [6.07, 6.45) is 4.45. The Hall–Kier alpha value is -3.42. The molecule has 186 valence electrons. The molecule has 0 radical (unpaired) electrons. The maximum absolute atomic E-state index is 13.4. The van der Waals surface area contributed by atoms with Crippen LogP contribution in [0.25, 0.3) is 0 Å². The second-order valence-corrected chi connectivity index (χ2v) is 9.13. The summed E-state index contributed by atoms with van der Waals surface area (Å²) in [6, 6.07) is 13.3. The SMILES string of the molecule is CCOC(=O)c1ccc(N2CCCN(C(=O)C3CCCN(C(=O)Cc4ccccc4)C3)CC2)nc1. The van der Waals surface area contributed by atoms with Crippen LogP contribution >= 0.6 is 0 Å². The summed E-state index contributed by atoms with van der Waals surface area (Å²) in [5.41, 5.74) is 1.44. The number of likely N-dealkylation sites (tertiary alicyclic amines) is 1. The summed E-state index contributed by atoms with van der Waals surface area (Å²) in [7, 11) is 0. The third-order valence-corrected chi connectivity index (χ3v) is 6.71. The Balaban J connectivity index is 1.31. The average molecular weight is 479 g/mol. The fraction of sp³-hybridized carbons (Fsp3) is 0.481. The van der Waals surface area contributed by atoms with Gasteiger partial charge in [-0.25, -0.2) is 9.78 Å². The molecule has 2 aliphatic heterocycles. The number of pyridine rings is 1. The van der Waals surface area contributed by atoms with Crippen LogP contribution in [0.3, 0.4) is 0 Å². The van der Waals surface area contributed by atoms with Gasteiger partial charge in [-0.15, -0.1) is 0 Å². The summed E-state index contributed by atoms with van der Waals surface area (Å²) < 4.78 is 5.02. The Bertz CT molecular complexity index is 1010. The molecule has 2 saturated heterocycles. The minimum atomic E-state index is -0.372. The van der Waals surface area contributed by atoms with Gasteiger partial charge < -0.3 is 19.4 Å². The predicted molar refractivity (Wildman–Crippen MR) is 133 cm³/mol. The molecule has 2 amide bonds. The zero-order valence-corrected chi connectivity index (χ0v) is 20.4. The van der Waals surface area contributed by atoms with Gasteiger partial charge in [0.1, 0.15) is 5.82 Å². The molecule has 2 aliphatic rings. The standard InChI is InChI=1S/C27H34N4O4/c1-2-35-27(34)22-11-12-24(28-19-22)29-14-7-15-30(17-16-29)26(33)23-10-6-13-31(20-23)25(32)18-21-8-4-3-5-9-21/h3-5,8-9,11-12,19,23H,2,6-7,10,13-18,20H2,1H3. The van der Waals surface area contributed by atoms with Crippen LogP contribution in [0.5, 0.6) is 0 Å². The Morgan fingerprint density at radius 3 is 2.49 bits per heavy atom. The number of carbonyl (C=O) groups is 3. The molecule has 35 heavy (non-hydrogen) atoms. The van der Waals surface area contributed by atoms with Crippen molar-refractivity contribution < 1.29 is 19.1 Å². The van der Waals surface area contributed by atoms with Crippen LogP contribution in [0.15, 0.2) is 48.7 Å². The fourth-order valence-electron chi connectivity index (χ4n) is 4.82. The summed E-state index contributed by atoms with van der Waals surface area (Å²) in [5.74, 6) is 0.519. The average Bonchev–Trinajstić information content (AvgIpc) is 3.15. The highest BCUT2D eigenvalue weighted by atomic mass is 16.5. The zero-order chi connectivity index (χ0) is 24.6. The van der Waals surface area contributed by atoms with Crippen molar-refractivity contribution >= 4 is 23.6 Å². The molecule has 8 nitrogen and oxygen atoms in total. The molecular formula is C27H34N4O4. The maximum atomic E-state index is 13.4. The third-order valence-electron chi connectivity index (χ3n) is 6.71. The highest BCUT2D eigenvalue weighted by Crippen LogP contribution is 2.22. The number of benzene rings is 1. The number of esters is 1. The first-order valence-electron chi connectivity index (χ1n) is 12.5. The summed E-state index contributed by atoms with van der Waals surface area (Å²) >= 11 is 0. The maximum Gasteiger partial charge on any atom is 0.339 e. The van der Waals surface area contributed by atoms with Crippen LogP contribution in [0.2, 0.25) is 0 Å². The van der Waals surface area contributed by atoms with Gasteiger partial charge in [-0.05, 0) is 43.9 Å². The molecule has 0 N–H and O–H groups in total. The largest absolute Gasteiger partial charge is 0.462 e. The Morgan fingerprint density at radius 2 is 1.74 bits per heavy atom. The van der Waals surface area contributed by atoms with E-state index in [1.165, 1.54) is 0 Å². The van der Waals surface area contributed by atoms with Gasteiger partial charge >= 0.3 is 5.97 Å². The van der Waals surface area contributed by atoms with Crippen molar-refractivity contribution in [1.29, 1.82) is 0 Å². The van der Waals surface area contributed by atoms with Gasteiger partial charge in [0, 0.05) is 45.5 Å². The molecule has 3 heterocycles. The molecule has 2 fully saturated rings. The number of nitrogens with zero attached hydrogens (tertiary/aromatic N) is 4. The number of amides is 2. The van der Waals surface area contributed by atoms with Gasteiger partial charge in [-0.1, -0.05) is 30.3 Å². The Labute approximate surface area is 206 Å². The van der Waals surface area contributed by atoms with Gasteiger partial charge in [-0.3, -0.25) is 9.59 Å². The van der Waals surface area contributed by atoms with Crippen molar-refractivity contribution in [2.45, 2.75) is 32.6 Å². The molecule has 1 aromatic carbocycles. The smallest absolute Gasteiger partial charge is 0.339 e. The monoisotopic (exact) mass is 478 g/mol. The Kier molecular flexibility index (Phi) is 8.34. The zero-order valence-electron chi connectivity index (χ0n) is 20.4. The molecule has 0 bridgehead atoms. The van der Waals surface area contributed by atoms with Gasteiger partial charge in [-0.2, -0.15) is 0 Å². The van der Waals surface area contributed by atoms with Crippen LogP contribution in [0.1, 0.15) is 42.1 Å². The number of piperidine rings is 1. The van der Waals surface area contributed by atoms with E-state index in [9.17, 15) is 14.4 Å². The molecule has 1 atom stereocenters. The third kappa shape index (κ3) is 6.38. The lowest BCUT2D eigenvalue weighted by Gasteiger charge is -2.35. The van der Waals surface area contributed by atoms with E-state index in [0.717, 1.165) is 43.7 Å². The lowest BCUT2D eigenvalue weighted by molar-refractivity contribution is -0.140. The quantitative estimate of drug-likeness (QED) is 0.594. The molecule has 4 rings (SSSR count). The number of ether oxygens (including phenoxy) is 1. The molecule has 8 heteroatoms. The van der Waals surface area contributed by atoms with Crippen molar-refractivity contribution in [1.82, 2.24) is 14.8 Å². The van der Waals surface area contributed by atoms with Crippen molar-refractivity contribution in [3.63, 3.8) is 0 Å². The van der Waals surface area contributed by atoms with E-state index in [2.05, 4.69) is 9.88 Å². The van der Waals surface area contributed by atoms with Crippen molar-refractivity contribution in [3.8, 4) is 0 Å². The molecule has 0 spiro atoms. The van der Waals surface area contributed by atoms with E-state index >= 15 is 0 Å². The van der Waals surface area contributed by atoms with Gasteiger partial charge in [0.15, 0.2) is 0 Å². The van der Waals surface area contributed by atoms with Crippen molar-refractivity contribution in [2.75, 3.05) is 50.8 Å². The molecule has 2 aromatic rings. The van der Waals surface area contributed by atoms with E-state index < -0.39 is 0 Å². The molecule has 0 saturated carbocycles. The minimum absolute atomic E-state index is 0.0908. The second kappa shape index (κ2) is 11.8. The van der Waals surface area contributed by atoms with Crippen LogP contribution in [-0.2, 0) is 20.7 Å². The first-order valence-corrected chi connectivity index (χ1v) is 12.5. The van der Waals surface area contributed by atoms with Crippen LogP contribution in [0.4, 0.5) is 5.82 Å². The number of hydrogen-bond donors (Lipinski definition) is 0.